The molecule has 2 heterocycles. The molecular formula is C27H25N3O3. The first kappa shape index (κ1) is 20.8. The van der Waals surface area contributed by atoms with E-state index in [0.717, 1.165) is 27.6 Å². The van der Waals surface area contributed by atoms with Crippen molar-refractivity contribution in [2.75, 3.05) is 0 Å². The molecule has 3 aromatic carbocycles. The third kappa shape index (κ3) is 4.32. The van der Waals surface area contributed by atoms with Crippen molar-refractivity contribution in [3.63, 3.8) is 0 Å². The quantitative estimate of drug-likeness (QED) is 0.430. The Kier molecular flexibility index (Phi) is 5.57. The van der Waals surface area contributed by atoms with E-state index in [1.807, 2.05) is 66.9 Å². The number of aromatic hydroxyl groups is 1. The van der Waals surface area contributed by atoms with E-state index in [4.69, 9.17) is 0 Å². The number of phenolic OH excluding ortho intramolecular Hbond substituents is 1. The lowest BCUT2D eigenvalue weighted by atomic mass is 9.95. The zero-order valence-electron chi connectivity index (χ0n) is 18.1. The van der Waals surface area contributed by atoms with Crippen molar-refractivity contribution >= 4 is 22.7 Å². The summed E-state index contributed by atoms with van der Waals surface area (Å²) in [7, 11) is 0. The summed E-state index contributed by atoms with van der Waals surface area (Å²) in [6.07, 6.45) is 2.74. The third-order valence-electron chi connectivity index (χ3n) is 6.21. The normalized spacial score (nSPS) is 18.5. The smallest absolute Gasteiger partial charge is 0.246 e. The fourth-order valence-electron chi connectivity index (χ4n) is 4.56. The van der Waals surface area contributed by atoms with Gasteiger partial charge < -0.3 is 20.3 Å². The summed E-state index contributed by atoms with van der Waals surface area (Å²) in [6, 6.07) is 23.2. The molecule has 166 valence electrons. The molecule has 1 saturated heterocycles. The van der Waals surface area contributed by atoms with Crippen LogP contribution in [0.4, 0.5) is 0 Å². The van der Waals surface area contributed by atoms with Crippen LogP contribution < -0.4 is 5.32 Å². The Balaban J connectivity index is 1.45. The molecular weight excluding hydrogens is 414 g/mol. The number of carbonyl (C=O) groups is 2. The van der Waals surface area contributed by atoms with Crippen LogP contribution in [0.3, 0.4) is 0 Å². The van der Waals surface area contributed by atoms with Crippen molar-refractivity contribution in [3.8, 4) is 5.75 Å². The van der Waals surface area contributed by atoms with Gasteiger partial charge in [0, 0.05) is 36.5 Å². The van der Waals surface area contributed by atoms with E-state index >= 15 is 0 Å². The molecule has 0 radical (unpaired) electrons. The summed E-state index contributed by atoms with van der Waals surface area (Å²) < 4.78 is 0. The Morgan fingerprint density at radius 2 is 1.61 bits per heavy atom. The van der Waals surface area contributed by atoms with Crippen molar-refractivity contribution in [3.05, 3.63) is 102 Å². The SMILES string of the molecule is O=C1N[C@@H](Cc2c[nH]c3ccccc23)C(=O)N(Cc2cccc(O)c2)[C@H]1Cc1ccccc1. The molecule has 1 aliphatic heterocycles. The largest absolute Gasteiger partial charge is 0.508 e. The van der Waals surface area contributed by atoms with E-state index in [0.29, 0.717) is 12.8 Å². The Bertz CT molecular complexity index is 1300. The predicted molar refractivity (Wildman–Crippen MR) is 127 cm³/mol. The first-order chi connectivity index (χ1) is 16.1. The molecule has 2 atom stereocenters. The van der Waals surface area contributed by atoms with Crippen LogP contribution in [0.5, 0.6) is 5.75 Å². The summed E-state index contributed by atoms with van der Waals surface area (Å²) in [4.78, 5) is 31.8. The molecule has 3 N–H and O–H groups in total. The molecule has 1 fully saturated rings. The Morgan fingerprint density at radius 3 is 2.42 bits per heavy atom. The van der Waals surface area contributed by atoms with Crippen LogP contribution in [0.2, 0.25) is 0 Å². The first-order valence-electron chi connectivity index (χ1n) is 11.1. The Labute approximate surface area is 191 Å². The van der Waals surface area contributed by atoms with Gasteiger partial charge in [-0.15, -0.1) is 0 Å². The van der Waals surface area contributed by atoms with Gasteiger partial charge in [-0.2, -0.15) is 0 Å². The van der Waals surface area contributed by atoms with Gasteiger partial charge in [0.15, 0.2) is 0 Å². The zero-order valence-corrected chi connectivity index (χ0v) is 18.1. The second-order valence-electron chi connectivity index (χ2n) is 8.47. The number of aromatic nitrogens is 1. The van der Waals surface area contributed by atoms with E-state index in [1.54, 1.807) is 23.1 Å². The molecule has 0 saturated carbocycles. The number of hydrogen-bond donors (Lipinski definition) is 3. The summed E-state index contributed by atoms with van der Waals surface area (Å²) in [5, 5.41) is 13.9. The van der Waals surface area contributed by atoms with E-state index < -0.39 is 12.1 Å². The second kappa shape index (κ2) is 8.82. The maximum atomic E-state index is 13.7. The van der Waals surface area contributed by atoms with Gasteiger partial charge in [-0.25, -0.2) is 0 Å². The average molecular weight is 440 g/mol. The highest BCUT2D eigenvalue weighted by Gasteiger charge is 2.40. The minimum absolute atomic E-state index is 0.121. The van der Waals surface area contributed by atoms with E-state index in [2.05, 4.69) is 10.3 Å². The standard InChI is InChI=1S/C27H25N3O3/c31-21-10-6-9-19(13-21)17-30-25(14-18-7-2-1-3-8-18)26(32)29-24(27(30)33)15-20-16-28-23-12-5-4-11-22(20)23/h1-13,16,24-25,28,31H,14-15,17H2,(H,29,32)/t24-,25-/m0/s1. The van der Waals surface area contributed by atoms with Gasteiger partial charge in [-0.1, -0.05) is 60.7 Å². The Morgan fingerprint density at radius 1 is 0.848 bits per heavy atom. The number of phenols is 1. The molecule has 33 heavy (non-hydrogen) atoms. The van der Waals surface area contributed by atoms with Gasteiger partial charge in [-0.05, 0) is 34.9 Å². The number of rotatable bonds is 6. The highest BCUT2D eigenvalue weighted by molar-refractivity contribution is 5.97. The van der Waals surface area contributed by atoms with Crippen LogP contribution in [0.1, 0.15) is 16.7 Å². The molecule has 0 bridgehead atoms. The molecule has 0 aliphatic carbocycles. The van der Waals surface area contributed by atoms with Crippen LogP contribution in [-0.2, 0) is 29.0 Å². The molecule has 0 unspecified atom stereocenters. The van der Waals surface area contributed by atoms with Crippen LogP contribution in [-0.4, -0.2) is 38.9 Å². The minimum atomic E-state index is -0.652. The molecule has 6 nitrogen and oxygen atoms in total. The number of fused-ring (bicyclic) bond motifs is 1. The van der Waals surface area contributed by atoms with Gasteiger partial charge in [0.1, 0.15) is 17.8 Å². The molecule has 4 aromatic rings. The van der Waals surface area contributed by atoms with Crippen molar-refractivity contribution in [2.45, 2.75) is 31.5 Å². The van der Waals surface area contributed by atoms with Crippen molar-refractivity contribution < 1.29 is 14.7 Å². The number of nitrogens with one attached hydrogen (secondary N) is 2. The highest BCUT2D eigenvalue weighted by Crippen LogP contribution is 2.24. The lowest BCUT2D eigenvalue weighted by Crippen LogP contribution is -2.64. The van der Waals surface area contributed by atoms with Crippen molar-refractivity contribution in [2.24, 2.45) is 0 Å². The van der Waals surface area contributed by atoms with E-state index in [9.17, 15) is 14.7 Å². The van der Waals surface area contributed by atoms with Gasteiger partial charge in [0.2, 0.25) is 11.8 Å². The fraction of sp³-hybridized carbons (Fsp3) is 0.185. The highest BCUT2D eigenvalue weighted by atomic mass is 16.3. The third-order valence-corrected chi connectivity index (χ3v) is 6.21. The summed E-state index contributed by atoms with van der Waals surface area (Å²) >= 11 is 0. The number of benzene rings is 3. The second-order valence-corrected chi connectivity index (χ2v) is 8.47. The van der Waals surface area contributed by atoms with Crippen LogP contribution in [0.25, 0.3) is 10.9 Å². The first-order valence-corrected chi connectivity index (χ1v) is 11.1. The molecule has 2 amide bonds. The van der Waals surface area contributed by atoms with E-state index in [1.165, 1.54) is 0 Å². The number of hydrogen-bond acceptors (Lipinski definition) is 3. The maximum absolute atomic E-state index is 13.7. The van der Waals surface area contributed by atoms with Crippen LogP contribution in [0.15, 0.2) is 85.1 Å². The zero-order chi connectivity index (χ0) is 22.8. The monoisotopic (exact) mass is 439 g/mol. The fourth-order valence-corrected chi connectivity index (χ4v) is 4.56. The number of aromatic amines is 1. The van der Waals surface area contributed by atoms with Crippen LogP contribution >= 0.6 is 0 Å². The average Bonchev–Trinajstić information content (AvgIpc) is 3.23. The number of para-hydroxylation sites is 1. The molecule has 1 aliphatic rings. The topological polar surface area (TPSA) is 85.4 Å². The number of H-pyrrole nitrogens is 1. The molecule has 1 aromatic heterocycles. The minimum Gasteiger partial charge on any atom is -0.508 e. The number of nitrogens with zero attached hydrogens (tertiary/aromatic N) is 1. The van der Waals surface area contributed by atoms with Crippen molar-refractivity contribution in [1.82, 2.24) is 15.2 Å². The Hall–Kier alpha value is -4.06. The van der Waals surface area contributed by atoms with Gasteiger partial charge in [0.25, 0.3) is 0 Å². The summed E-state index contributed by atoms with van der Waals surface area (Å²) in [5.41, 5.74) is 3.76. The maximum Gasteiger partial charge on any atom is 0.246 e. The lowest BCUT2D eigenvalue weighted by Gasteiger charge is -2.39. The van der Waals surface area contributed by atoms with Gasteiger partial charge in [0.05, 0.1) is 0 Å². The predicted octanol–water partition coefficient (Wildman–Crippen LogP) is 3.55. The van der Waals surface area contributed by atoms with Crippen molar-refractivity contribution in [1.29, 1.82) is 0 Å². The molecule has 6 heteroatoms. The molecule has 0 spiro atoms. The number of piperazine rings is 1. The number of carbonyl (C=O) groups excluding carboxylic acids is 2. The lowest BCUT2D eigenvalue weighted by molar-refractivity contribution is -0.150. The van der Waals surface area contributed by atoms with Gasteiger partial charge in [-0.3, -0.25) is 9.59 Å². The summed E-state index contributed by atoms with van der Waals surface area (Å²) in [5.74, 6) is -0.149. The number of amides is 2. The van der Waals surface area contributed by atoms with E-state index in [-0.39, 0.29) is 24.1 Å². The molecule has 5 rings (SSSR count). The van der Waals surface area contributed by atoms with Gasteiger partial charge >= 0.3 is 0 Å². The van der Waals surface area contributed by atoms with Crippen LogP contribution in [0, 0.1) is 0 Å². The summed E-state index contributed by atoms with van der Waals surface area (Å²) in [6.45, 7) is 0.253.